The van der Waals surface area contributed by atoms with E-state index in [1.54, 1.807) is 11.9 Å². The third-order valence-corrected chi connectivity index (χ3v) is 3.77. The third kappa shape index (κ3) is 4.20. The van der Waals surface area contributed by atoms with Crippen molar-refractivity contribution < 1.29 is 4.79 Å². The normalized spacial score (nSPS) is 10.2. The Kier molecular flexibility index (Phi) is 5.73. The first kappa shape index (κ1) is 15.8. The van der Waals surface area contributed by atoms with Gasteiger partial charge in [0.05, 0.1) is 12.5 Å². The topological polar surface area (TPSA) is 44.1 Å². The van der Waals surface area contributed by atoms with Crippen LogP contribution in [0.15, 0.2) is 60.7 Å². The zero-order valence-corrected chi connectivity index (χ0v) is 12.8. The molecule has 0 saturated carbocycles. The largest absolute Gasteiger partial charge is 0.345 e. The lowest BCUT2D eigenvalue weighted by Crippen LogP contribution is -2.29. The Morgan fingerprint density at radius 2 is 1.55 bits per heavy atom. The van der Waals surface area contributed by atoms with Gasteiger partial charge < -0.3 is 4.90 Å². The first-order chi connectivity index (χ1) is 10.7. The van der Waals surface area contributed by atoms with Crippen molar-refractivity contribution >= 4 is 5.91 Å². The van der Waals surface area contributed by atoms with Crippen molar-refractivity contribution in [1.82, 2.24) is 4.90 Å². The zero-order chi connectivity index (χ0) is 15.8. The fourth-order valence-corrected chi connectivity index (χ4v) is 2.47. The number of nitriles is 1. The maximum atomic E-state index is 12.4. The lowest BCUT2D eigenvalue weighted by molar-refractivity contribution is -0.130. The van der Waals surface area contributed by atoms with Gasteiger partial charge in [-0.25, -0.2) is 0 Å². The van der Waals surface area contributed by atoms with Crippen molar-refractivity contribution in [2.75, 3.05) is 13.6 Å². The Balaban J connectivity index is 2.20. The fraction of sp³-hybridized carbons (Fsp3) is 0.263. The molecule has 0 unspecified atom stereocenters. The molecule has 0 spiro atoms. The molecule has 2 rings (SSSR count). The molecule has 0 heterocycles. The van der Waals surface area contributed by atoms with Crippen LogP contribution in [0.2, 0.25) is 0 Å². The second kappa shape index (κ2) is 7.99. The summed E-state index contributed by atoms with van der Waals surface area (Å²) in [4.78, 5) is 14.1. The Morgan fingerprint density at radius 3 is 2.00 bits per heavy atom. The van der Waals surface area contributed by atoms with E-state index in [1.807, 2.05) is 36.4 Å². The quantitative estimate of drug-likeness (QED) is 0.816. The Morgan fingerprint density at radius 1 is 1.05 bits per heavy atom. The second-order valence-electron chi connectivity index (χ2n) is 5.30. The average Bonchev–Trinajstić information content (AvgIpc) is 2.58. The maximum Gasteiger partial charge on any atom is 0.223 e. The van der Waals surface area contributed by atoms with Crippen LogP contribution in [0.25, 0.3) is 0 Å². The van der Waals surface area contributed by atoms with Crippen molar-refractivity contribution in [2.24, 2.45) is 0 Å². The Bertz CT molecular complexity index is 592. The highest BCUT2D eigenvalue weighted by atomic mass is 16.2. The molecule has 3 nitrogen and oxygen atoms in total. The van der Waals surface area contributed by atoms with Crippen LogP contribution in [0.4, 0.5) is 0 Å². The number of amides is 1. The lowest BCUT2D eigenvalue weighted by Gasteiger charge is -2.22. The van der Waals surface area contributed by atoms with Crippen molar-refractivity contribution in [3.8, 4) is 6.07 Å². The summed E-state index contributed by atoms with van der Waals surface area (Å²) in [5, 5.41) is 8.65. The molecule has 0 aliphatic rings. The highest BCUT2D eigenvalue weighted by Crippen LogP contribution is 2.28. The molecule has 0 aromatic heterocycles. The molecule has 2 aromatic rings. The highest BCUT2D eigenvalue weighted by Gasteiger charge is 2.20. The van der Waals surface area contributed by atoms with Crippen molar-refractivity contribution in [2.45, 2.75) is 18.8 Å². The van der Waals surface area contributed by atoms with Gasteiger partial charge in [-0.3, -0.25) is 4.79 Å². The van der Waals surface area contributed by atoms with Crippen LogP contribution < -0.4 is 0 Å². The van der Waals surface area contributed by atoms with Crippen molar-refractivity contribution in [1.29, 1.82) is 5.26 Å². The number of carbonyl (C=O) groups is 1. The molecule has 0 aliphatic carbocycles. The van der Waals surface area contributed by atoms with E-state index in [4.69, 9.17) is 5.26 Å². The minimum atomic E-state index is 0.0411. The molecule has 0 fully saturated rings. The molecular formula is C19H20N2O. The van der Waals surface area contributed by atoms with Crippen LogP contribution in [0, 0.1) is 11.3 Å². The standard InChI is InChI=1S/C19H20N2O/c1-21(14-8-13-20)19(22)15-18(16-9-4-2-5-10-16)17-11-6-3-7-12-17/h2-7,9-12,18H,8,14-15H2,1H3. The predicted octanol–water partition coefficient (Wildman–Crippen LogP) is 3.58. The summed E-state index contributed by atoms with van der Waals surface area (Å²) in [6, 6.07) is 22.2. The van der Waals surface area contributed by atoms with E-state index in [9.17, 15) is 4.79 Å². The van der Waals surface area contributed by atoms with Gasteiger partial charge in [0.15, 0.2) is 0 Å². The molecule has 3 heteroatoms. The van der Waals surface area contributed by atoms with Crippen LogP contribution >= 0.6 is 0 Å². The highest BCUT2D eigenvalue weighted by molar-refractivity contribution is 5.77. The summed E-state index contributed by atoms with van der Waals surface area (Å²) in [6.45, 7) is 0.478. The van der Waals surface area contributed by atoms with E-state index >= 15 is 0 Å². The molecule has 2 aromatic carbocycles. The number of hydrogen-bond acceptors (Lipinski definition) is 2. The van der Waals surface area contributed by atoms with E-state index in [-0.39, 0.29) is 11.8 Å². The van der Waals surface area contributed by atoms with E-state index in [0.29, 0.717) is 19.4 Å². The summed E-state index contributed by atoms with van der Waals surface area (Å²) in [5.74, 6) is 0.104. The fourth-order valence-electron chi connectivity index (χ4n) is 2.47. The number of nitrogens with zero attached hydrogens (tertiary/aromatic N) is 2. The smallest absolute Gasteiger partial charge is 0.223 e. The van der Waals surface area contributed by atoms with Crippen LogP contribution in [0.1, 0.15) is 29.9 Å². The summed E-state index contributed by atoms with van der Waals surface area (Å²) >= 11 is 0. The monoisotopic (exact) mass is 292 g/mol. The first-order valence-corrected chi connectivity index (χ1v) is 7.43. The first-order valence-electron chi connectivity index (χ1n) is 7.43. The van der Waals surface area contributed by atoms with Gasteiger partial charge in [-0.15, -0.1) is 0 Å². The van der Waals surface area contributed by atoms with Gasteiger partial charge in [0, 0.05) is 25.9 Å². The zero-order valence-electron chi connectivity index (χ0n) is 12.8. The molecule has 1 amide bonds. The van der Waals surface area contributed by atoms with Gasteiger partial charge in [-0.05, 0) is 11.1 Å². The summed E-state index contributed by atoms with van der Waals surface area (Å²) in [5.41, 5.74) is 2.27. The Hall–Kier alpha value is -2.60. The van der Waals surface area contributed by atoms with Gasteiger partial charge in [0.25, 0.3) is 0 Å². The number of benzene rings is 2. The van der Waals surface area contributed by atoms with Gasteiger partial charge >= 0.3 is 0 Å². The van der Waals surface area contributed by atoms with Crippen LogP contribution in [-0.4, -0.2) is 24.4 Å². The predicted molar refractivity (Wildman–Crippen MR) is 87.2 cm³/mol. The van der Waals surface area contributed by atoms with Crippen LogP contribution in [-0.2, 0) is 4.79 Å². The minimum Gasteiger partial charge on any atom is -0.345 e. The average molecular weight is 292 g/mol. The van der Waals surface area contributed by atoms with Gasteiger partial charge in [0.2, 0.25) is 5.91 Å². The minimum absolute atomic E-state index is 0.0411. The van der Waals surface area contributed by atoms with Crippen molar-refractivity contribution in [3.63, 3.8) is 0 Å². The molecule has 0 aliphatic heterocycles. The molecular weight excluding hydrogens is 272 g/mol. The third-order valence-electron chi connectivity index (χ3n) is 3.77. The molecule has 0 N–H and O–H groups in total. The summed E-state index contributed by atoms with van der Waals surface area (Å²) < 4.78 is 0. The van der Waals surface area contributed by atoms with E-state index in [2.05, 4.69) is 30.3 Å². The molecule has 0 saturated heterocycles. The van der Waals surface area contributed by atoms with Gasteiger partial charge in [0.1, 0.15) is 0 Å². The van der Waals surface area contributed by atoms with Crippen LogP contribution in [0.5, 0.6) is 0 Å². The molecule has 0 bridgehead atoms. The van der Waals surface area contributed by atoms with E-state index < -0.39 is 0 Å². The van der Waals surface area contributed by atoms with Crippen LogP contribution in [0.3, 0.4) is 0 Å². The van der Waals surface area contributed by atoms with Crippen molar-refractivity contribution in [3.05, 3.63) is 71.8 Å². The van der Waals surface area contributed by atoms with Gasteiger partial charge in [-0.2, -0.15) is 5.26 Å². The number of hydrogen-bond donors (Lipinski definition) is 0. The number of carbonyl (C=O) groups excluding carboxylic acids is 1. The molecule has 112 valence electrons. The number of rotatable bonds is 6. The molecule has 0 atom stereocenters. The summed E-state index contributed by atoms with van der Waals surface area (Å²) in [6.07, 6.45) is 0.777. The SMILES string of the molecule is CN(CCC#N)C(=O)CC(c1ccccc1)c1ccccc1. The lowest BCUT2D eigenvalue weighted by atomic mass is 9.88. The van der Waals surface area contributed by atoms with E-state index in [0.717, 1.165) is 11.1 Å². The second-order valence-corrected chi connectivity index (χ2v) is 5.30. The Labute approximate surface area is 131 Å². The molecule has 22 heavy (non-hydrogen) atoms. The maximum absolute atomic E-state index is 12.4. The van der Waals surface area contributed by atoms with Gasteiger partial charge in [-0.1, -0.05) is 60.7 Å². The molecule has 0 radical (unpaired) electrons. The summed E-state index contributed by atoms with van der Waals surface area (Å²) in [7, 11) is 1.76. The van der Waals surface area contributed by atoms with E-state index in [1.165, 1.54) is 0 Å².